The molecule has 0 rings (SSSR count). The lowest BCUT2D eigenvalue weighted by Gasteiger charge is -2.31. The molecule has 0 aromatic rings. The maximum Gasteiger partial charge on any atom is 0.0968 e. The van der Waals surface area contributed by atoms with E-state index >= 15 is 0 Å². The van der Waals surface area contributed by atoms with Gasteiger partial charge in [-0.2, -0.15) is 0 Å². The summed E-state index contributed by atoms with van der Waals surface area (Å²) in [5, 5.41) is 2.21. The van der Waals surface area contributed by atoms with Crippen LogP contribution in [-0.4, -0.2) is 31.3 Å². The van der Waals surface area contributed by atoms with Crippen LogP contribution in [-0.2, 0) is 10.1 Å². The van der Waals surface area contributed by atoms with Gasteiger partial charge >= 0.3 is 0 Å². The van der Waals surface area contributed by atoms with E-state index in [1.807, 2.05) is 0 Å². The molecule has 0 aliphatic heterocycles. The molecule has 176 valence electrons. The lowest BCUT2D eigenvalue weighted by molar-refractivity contribution is -0.706. The fraction of sp³-hybridized carbons (Fsp3) is 1.00. The molecule has 0 aliphatic rings. The summed E-state index contributed by atoms with van der Waals surface area (Å²) in [6.45, 7) is 4.49. The molecular weight excluding hydrogens is 382 g/mol. The summed E-state index contributed by atoms with van der Waals surface area (Å²) in [6.07, 6.45) is 23.1. The van der Waals surface area contributed by atoms with E-state index in [1.165, 1.54) is 89.9 Å². The van der Waals surface area contributed by atoms with Gasteiger partial charge in [-0.05, 0) is 12.8 Å². The van der Waals surface area contributed by atoms with Crippen molar-refractivity contribution in [2.75, 3.05) is 12.8 Å². The zero-order chi connectivity index (χ0) is 21.8. The van der Waals surface area contributed by atoms with Crippen LogP contribution < -0.4 is 5.32 Å². The van der Waals surface area contributed by atoms with Crippen LogP contribution in [0.1, 0.15) is 136 Å². The van der Waals surface area contributed by atoms with E-state index in [4.69, 9.17) is 0 Å². The van der Waals surface area contributed by atoms with E-state index in [9.17, 15) is 13.0 Å². The molecule has 29 heavy (non-hydrogen) atoms. The van der Waals surface area contributed by atoms with Crippen LogP contribution >= 0.6 is 0 Å². The number of nitrogens with two attached hydrogens (primary N) is 1. The Morgan fingerprint density at radius 1 is 0.621 bits per heavy atom. The summed E-state index contributed by atoms with van der Waals surface area (Å²) in [7, 11) is -2.07. The van der Waals surface area contributed by atoms with Crippen LogP contribution in [0.3, 0.4) is 0 Å². The summed E-state index contributed by atoms with van der Waals surface area (Å²) in [4.78, 5) is 0. The first-order chi connectivity index (χ1) is 13.9. The largest absolute Gasteiger partial charge is 0.748 e. The highest BCUT2D eigenvalue weighted by Gasteiger charge is 2.31. The number of hydrogen-bond acceptors (Lipinski definition) is 3. The third-order valence-electron chi connectivity index (χ3n) is 6.52. The standard InChI is InChI=1S/C24H51NO3S/c1-4-6-8-10-12-14-16-18-20-24(25-3,22-23-29(26,27)28)21-19-17-15-13-11-9-7-5-2/h25H,4-23H2,1-3H3,(H,26,27,28). The van der Waals surface area contributed by atoms with Crippen molar-refractivity contribution in [3.05, 3.63) is 0 Å². The molecule has 0 spiro atoms. The molecule has 0 unspecified atom stereocenters. The number of hydrogen-bond donors (Lipinski definition) is 1. The molecule has 0 heterocycles. The van der Waals surface area contributed by atoms with Crippen LogP contribution in [0.5, 0.6) is 0 Å². The topological polar surface area (TPSA) is 73.8 Å². The Morgan fingerprint density at radius 2 is 0.966 bits per heavy atom. The van der Waals surface area contributed by atoms with Crippen LogP contribution in [0, 0.1) is 0 Å². The van der Waals surface area contributed by atoms with Gasteiger partial charge in [-0.25, -0.2) is 8.42 Å². The highest BCUT2D eigenvalue weighted by molar-refractivity contribution is 7.85. The minimum Gasteiger partial charge on any atom is -0.748 e. The summed E-state index contributed by atoms with van der Waals surface area (Å²) >= 11 is 0. The highest BCUT2D eigenvalue weighted by atomic mass is 32.2. The van der Waals surface area contributed by atoms with Crippen molar-refractivity contribution in [1.29, 1.82) is 0 Å². The number of rotatable bonds is 22. The van der Waals surface area contributed by atoms with E-state index in [0.29, 0.717) is 6.42 Å². The molecular formula is C24H51NO3S. The van der Waals surface area contributed by atoms with Crippen LogP contribution in [0.4, 0.5) is 0 Å². The minimum atomic E-state index is -4.13. The smallest absolute Gasteiger partial charge is 0.0968 e. The van der Waals surface area contributed by atoms with Crippen molar-refractivity contribution in [3.8, 4) is 0 Å². The van der Waals surface area contributed by atoms with Gasteiger partial charge in [0.15, 0.2) is 0 Å². The van der Waals surface area contributed by atoms with Crippen molar-refractivity contribution in [2.45, 2.75) is 141 Å². The predicted molar refractivity (Wildman–Crippen MR) is 124 cm³/mol. The molecule has 4 nitrogen and oxygen atoms in total. The SMILES string of the molecule is CCCCCCCCCCC(CCCCCCCCCC)(CCS(=O)(=O)[O-])[NH2+]C. The van der Waals surface area contributed by atoms with Crippen LogP contribution in [0.25, 0.3) is 0 Å². The third kappa shape index (κ3) is 18.4. The Labute approximate surface area is 182 Å². The average Bonchev–Trinajstić information content (AvgIpc) is 2.69. The van der Waals surface area contributed by atoms with E-state index in [2.05, 4.69) is 26.2 Å². The van der Waals surface area contributed by atoms with Crippen molar-refractivity contribution < 1.29 is 18.3 Å². The van der Waals surface area contributed by atoms with Crippen LogP contribution in [0.2, 0.25) is 0 Å². The number of unbranched alkanes of at least 4 members (excludes halogenated alkanes) is 14. The van der Waals surface area contributed by atoms with Gasteiger partial charge < -0.3 is 9.87 Å². The van der Waals surface area contributed by atoms with Crippen molar-refractivity contribution in [2.24, 2.45) is 0 Å². The molecule has 0 radical (unpaired) electrons. The molecule has 0 amide bonds. The van der Waals surface area contributed by atoms with E-state index in [0.717, 1.165) is 25.7 Å². The summed E-state index contributed by atoms with van der Waals surface area (Å²) < 4.78 is 33.7. The third-order valence-corrected chi connectivity index (χ3v) is 7.22. The van der Waals surface area contributed by atoms with Gasteiger partial charge in [-0.15, -0.1) is 0 Å². The van der Waals surface area contributed by atoms with E-state index in [-0.39, 0.29) is 11.3 Å². The Kier molecular flexibility index (Phi) is 18.5. The van der Waals surface area contributed by atoms with Gasteiger partial charge in [-0.1, -0.05) is 104 Å². The zero-order valence-corrected chi connectivity index (χ0v) is 20.7. The average molecular weight is 434 g/mol. The molecule has 5 heteroatoms. The summed E-state index contributed by atoms with van der Waals surface area (Å²) in [5.74, 6) is -0.217. The zero-order valence-electron chi connectivity index (χ0n) is 19.9. The second-order valence-electron chi connectivity index (χ2n) is 9.11. The number of quaternary nitrogens is 1. The second kappa shape index (κ2) is 18.6. The lowest BCUT2D eigenvalue weighted by Crippen LogP contribution is -2.93. The normalized spacial score (nSPS) is 12.6. The van der Waals surface area contributed by atoms with Gasteiger partial charge in [0.25, 0.3) is 0 Å². The molecule has 0 aromatic heterocycles. The second-order valence-corrected chi connectivity index (χ2v) is 10.6. The van der Waals surface area contributed by atoms with Crippen LogP contribution in [0.15, 0.2) is 0 Å². The Balaban J connectivity index is 4.27. The maximum absolute atomic E-state index is 11.2. The van der Waals surface area contributed by atoms with Gasteiger partial charge in [-0.3, -0.25) is 0 Å². The highest BCUT2D eigenvalue weighted by Crippen LogP contribution is 2.24. The van der Waals surface area contributed by atoms with E-state index < -0.39 is 10.1 Å². The fourth-order valence-electron chi connectivity index (χ4n) is 4.36. The molecule has 0 saturated carbocycles. The Morgan fingerprint density at radius 3 is 1.28 bits per heavy atom. The molecule has 0 bridgehead atoms. The molecule has 0 aromatic carbocycles. The van der Waals surface area contributed by atoms with Gasteiger partial charge in [0.05, 0.1) is 22.7 Å². The Bertz CT molecular complexity index is 431. The molecule has 0 aliphatic carbocycles. The maximum atomic E-state index is 11.2. The monoisotopic (exact) mass is 433 g/mol. The molecule has 0 atom stereocenters. The first-order valence-corrected chi connectivity index (χ1v) is 14.2. The lowest BCUT2D eigenvalue weighted by atomic mass is 9.84. The molecule has 0 saturated heterocycles. The predicted octanol–water partition coefficient (Wildman–Crippen LogP) is 5.92. The quantitative estimate of drug-likeness (QED) is 0.170. The van der Waals surface area contributed by atoms with Gasteiger partial charge in [0, 0.05) is 25.0 Å². The first-order valence-electron chi connectivity index (χ1n) is 12.6. The van der Waals surface area contributed by atoms with E-state index in [1.54, 1.807) is 0 Å². The Hall–Kier alpha value is -0.130. The minimum absolute atomic E-state index is 0.0676. The van der Waals surface area contributed by atoms with Gasteiger partial charge in [0.2, 0.25) is 0 Å². The van der Waals surface area contributed by atoms with Crippen molar-refractivity contribution in [3.63, 3.8) is 0 Å². The summed E-state index contributed by atoms with van der Waals surface area (Å²) in [6, 6.07) is 0. The van der Waals surface area contributed by atoms with Crippen molar-refractivity contribution in [1.82, 2.24) is 0 Å². The summed E-state index contributed by atoms with van der Waals surface area (Å²) in [5.41, 5.74) is -0.0676. The molecule has 0 fully saturated rings. The fourth-order valence-corrected chi connectivity index (χ4v) is 5.01. The molecule has 2 N–H and O–H groups in total. The first kappa shape index (κ1) is 28.9. The van der Waals surface area contributed by atoms with Gasteiger partial charge in [0.1, 0.15) is 0 Å². The van der Waals surface area contributed by atoms with Crippen molar-refractivity contribution >= 4 is 10.1 Å².